The zero-order chi connectivity index (χ0) is 16.1. The molecule has 5 heteroatoms. The van der Waals surface area contributed by atoms with Gasteiger partial charge in [0.05, 0.1) is 12.7 Å². The predicted molar refractivity (Wildman–Crippen MR) is 87.5 cm³/mol. The standard InChI is InChI=1S/C17H17BrFNO2/c1-3-20(11-12-10-13(18)8-9-15(12)19)17(21)14-6-4-5-7-16(14)22-2/h4-10H,3,11H2,1-2H3. The molecule has 3 nitrogen and oxygen atoms in total. The average Bonchev–Trinajstić information content (AvgIpc) is 2.55. The van der Waals surface area contributed by atoms with Crippen molar-refractivity contribution in [2.24, 2.45) is 0 Å². The van der Waals surface area contributed by atoms with Gasteiger partial charge in [-0.2, -0.15) is 0 Å². The lowest BCUT2D eigenvalue weighted by molar-refractivity contribution is 0.0747. The first kappa shape index (κ1) is 16.5. The Balaban J connectivity index is 2.28. The highest BCUT2D eigenvalue weighted by molar-refractivity contribution is 9.10. The lowest BCUT2D eigenvalue weighted by Gasteiger charge is -2.22. The number of rotatable bonds is 5. The van der Waals surface area contributed by atoms with Crippen LogP contribution < -0.4 is 4.74 Å². The number of carbonyl (C=O) groups is 1. The van der Waals surface area contributed by atoms with Crippen LogP contribution in [-0.2, 0) is 6.54 Å². The number of amides is 1. The summed E-state index contributed by atoms with van der Waals surface area (Å²) in [7, 11) is 1.52. The summed E-state index contributed by atoms with van der Waals surface area (Å²) in [4.78, 5) is 14.3. The lowest BCUT2D eigenvalue weighted by Crippen LogP contribution is -2.31. The number of benzene rings is 2. The van der Waals surface area contributed by atoms with E-state index >= 15 is 0 Å². The number of nitrogens with zero attached hydrogens (tertiary/aromatic N) is 1. The summed E-state index contributed by atoms with van der Waals surface area (Å²) in [6.45, 7) is 2.55. The number of hydrogen-bond donors (Lipinski definition) is 0. The summed E-state index contributed by atoms with van der Waals surface area (Å²) in [5.41, 5.74) is 0.946. The second-order valence-electron chi connectivity index (χ2n) is 4.76. The molecule has 0 aliphatic carbocycles. The first-order valence-corrected chi connectivity index (χ1v) is 7.72. The van der Waals surface area contributed by atoms with Gasteiger partial charge in [-0.3, -0.25) is 4.79 Å². The highest BCUT2D eigenvalue weighted by Gasteiger charge is 2.19. The number of ether oxygens (including phenoxy) is 1. The van der Waals surface area contributed by atoms with Crippen LogP contribution in [0.25, 0.3) is 0 Å². The second-order valence-corrected chi connectivity index (χ2v) is 5.67. The molecule has 0 radical (unpaired) electrons. The molecule has 116 valence electrons. The molecule has 2 aromatic rings. The summed E-state index contributed by atoms with van der Waals surface area (Å²) >= 11 is 3.32. The molecule has 0 saturated carbocycles. The Bertz CT molecular complexity index is 675. The van der Waals surface area contributed by atoms with E-state index in [-0.39, 0.29) is 18.3 Å². The summed E-state index contributed by atoms with van der Waals surface area (Å²) in [6, 6.07) is 11.7. The topological polar surface area (TPSA) is 29.5 Å². The van der Waals surface area contributed by atoms with Gasteiger partial charge in [0.15, 0.2) is 0 Å². The van der Waals surface area contributed by atoms with Gasteiger partial charge in [-0.25, -0.2) is 4.39 Å². The van der Waals surface area contributed by atoms with Crippen LogP contribution in [0.2, 0.25) is 0 Å². The quantitative estimate of drug-likeness (QED) is 0.792. The highest BCUT2D eigenvalue weighted by atomic mass is 79.9. The number of halogens is 2. The molecule has 0 N–H and O–H groups in total. The van der Waals surface area contributed by atoms with Crippen LogP contribution in [0.4, 0.5) is 4.39 Å². The van der Waals surface area contributed by atoms with Crippen molar-refractivity contribution < 1.29 is 13.9 Å². The SMILES string of the molecule is CCN(Cc1cc(Br)ccc1F)C(=O)c1ccccc1OC. The number of para-hydroxylation sites is 1. The Morgan fingerprint density at radius 1 is 1.27 bits per heavy atom. The van der Waals surface area contributed by atoms with E-state index < -0.39 is 0 Å². The summed E-state index contributed by atoms with van der Waals surface area (Å²) < 4.78 is 19.9. The summed E-state index contributed by atoms with van der Waals surface area (Å²) in [5.74, 6) is 0.00877. The molecule has 2 rings (SSSR count). The zero-order valence-electron chi connectivity index (χ0n) is 12.5. The fraction of sp³-hybridized carbons (Fsp3) is 0.235. The van der Waals surface area contributed by atoms with Crippen molar-refractivity contribution in [2.75, 3.05) is 13.7 Å². The fourth-order valence-corrected chi connectivity index (χ4v) is 2.60. The maximum absolute atomic E-state index is 13.9. The highest BCUT2D eigenvalue weighted by Crippen LogP contribution is 2.22. The van der Waals surface area contributed by atoms with Gasteiger partial charge in [0.1, 0.15) is 11.6 Å². The van der Waals surface area contributed by atoms with Crippen LogP contribution in [-0.4, -0.2) is 24.5 Å². The van der Waals surface area contributed by atoms with Gasteiger partial charge in [-0.1, -0.05) is 28.1 Å². The first-order valence-electron chi connectivity index (χ1n) is 6.93. The third-order valence-electron chi connectivity index (χ3n) is 3.38. The molecule has 0 bridgehead atoms. The van der Waals surface area contributed by atoms with Crippen molar-refractivity contribution in [1.29, 1.82) is 0 Å². The van der Waals surface area contributed by atoms with Gasteiger partial charge in [0.25, 0.3) is 5.91 Å². The van der Waals surface area contributed by atoms with E-state index in [0.717, 1.165) is 4.47 Å². The number of carbonyl (C=O) groups excluding carboxylic acids is 1. The second kappa shape index (κ2) is 7.40. The minimum Gasteiger partial charge on any atom is -0.496 e. The van der Waals surface area contributed by atoms with Gasteiger partial charge in [-0.15, -0.1) is 0 Å². The molecule has 0 fully saturated rings. The third kappa shape index (κ3) is 3.65. The van der Waals surface area contributed by atoms with Gasteiger partial charge in [-0.05, 0) is 37.3 Å². The van der Waals surface area contributed by atoms with Crippen molar-refractivity contribution >= 4 is 21.8 Å². The van der Waals surface area contributed by atoms with Crippen molar-refractivity contribution in [3.8, 4) is 5.75 Å². The van der Waals surface area contributed by atoms with E-state index in [1.54, 1.807) is 41.3 Å². The zero-order valence-corrected chi connectivity index (χ0v) is 14.1. The first-order chi connectivity index (χ1) is 10.6. The molecule has 0 aromatic heterocycles. The van der Waals surface area contributed by atoms with Crippen molar-refractivity contribution in [2.45, 2.75) is 13.5 Å². The number of methoxy groups -OCH3 is 1. The maximum Gasteiger partial charge on any atom is 0.257 e. The van der Waals surface area contributed by atoms with E-state index in [2.05, 4.69) is 15.9 Å². The molecule has 2 aromatic carbocycles. The molecule has 1 amide bonds. The van der Waals surface area contributed by atoms with Crippen molar-refractivity contribution in [1.82, 2.24) is 4.90 Å². The molecule has 0 atom stereocenters. The predicted octanol–water partition coefficient (Wildman–Crippen LogP) is 4.26. The van der Waals surface area contributed by atoms with Gasteiger partial charge in [0.2, 0.25) is 0 Å². The smallest absolute Gasteiger partial charge is 0.257 e. The van der Waals surface area contributed by atoms with Crippen LogP contribution in [0.1, 0.15) is 22.8 Å². The molecule has 0 aliphatic heterocycles. The van der Waals surface area contributed by atoms with Crippen molar-refractivity contribution in [3.63, 3.8) is 0 Å². The molecular weight excluding hydrogens is 349 g/mol. The minimum absolute atomic E-state index is 0.181. The largest absolute Gasteiger partial charge is 0.496 e. The van der Waals surface area contributed by atoms with E-state index in [4.69, 9.17) is 4.74 Å². The summed E-state index contributed by atoms with van der Waals surface area (Å²) in [5, 5.41) is 0. The van der Waals surface area contributed by atoms with Gasteiger partial charge in [0, 0.05) is 23.1 Å². The maximum atomic E-state index is 13.9. The van der Waals surface area contributed by atoms with Crippen LogP contribution in [0.3, 0.4) is 0 Å². The van der Waals surface area contributed by atoms with Crippen LogP contribution >= 0.6 is 15.9 Å². The van der Waals surface area contributed by atoms with E-state index in [1.165, 1.54) is 13.2 Å². The molecular formula is C17H17BrFNO2. The Hall–Kier alpha value is -1.88. The van der Waals surface area contributed by atoms with E-state index in [9.17, 15) is 9.18 Å². The molecule has 0 unspecified atom stereocenters. The Labute approximate surface area is 137 Å². The molecule has 0 aliphatic rings. The third-order valence-corrected chi connectivity index (χ3v) is 3.87. The van der Waals surface area contributed by atoms with E-state index in [0.29, 0.717) is 23.4 Å². The molecule has 0 heterocycles. The molecule has 0 saturated heterocycles. The average molecular weight is 366 g/mol. The van der Waals surface area contributed by atoms with Crippen LogP contribution in [0.15, 0.2) is 46.9 Å². The van der Waals surface area contributed by atoms with E-state index in [1.807, 2.05) is 6.92 Å². The van der Waals surface area contributed by atoms with Gasteiger partial charge < -0.3 is 9.64 Å². The Kier molecular flexibility index (Phi) is 5.55. The van der Waals surface area contributed by atoms with Crippen LogP contribution in [0.5, 0.6) is 5.75 Å². The lowest BCUT2D eigenvalue weighted by atomic mass is 10.1. The molecule has 22 heavy (non-hydrogen) atoms. The molecule has 0 spiro atoms. The van der Waals surface area contributed by atoms with Crippen LogP contribution in [0, 0.1) is 5.82 Å². The Morgan fingerprint density at radius 3 is 2.68 bits per heavy atom. The normalized spacial score (nSPS) is 10.4. The minimum atomic E-state index is -0.325. The van der Waals surface area contributed by atoms with Gasteiger partial charge >= 0.3 is 0 Å². The van der Waals surface area contributed by atoms with Crippen molar-refractivity contribution in [3.05, 3.63) is 63.9 Å². The monoisotopic (exact) mass is 365 g/mol. The number of hydrogen-bond acceptors (Lipinski definition) is 2. The fourth-order valence-electron chi connectivity index (χ4n) is 2.19. The summed E-state index contributed by atoms with van der Waals surface area (Å²) in [6.07, 6.45) is 0. The Morgan fingerprint density at radius 2 is 2.00 bits per heavy atom.